The predicted molar refractivity (Wildman–Crippen MR) is 104 cm³/mol. The van der Waals surface area contributed by atoms with Gasteiger partial charge in [0.2, 0.25) is 10.0 Å². The molecular weight excluding hydrogens is 380 g/mol. The average molecular weight is 402 g/mol. The van der Waals surface area contributed by atoms with Gasteiger partial charge in [0.05, 0.1) is 11.4 Å². The summed E-state index contributed by atoms with van der Waals surface area (Å²) in [6.07, 6.45) is 4.13. The number of pyridine rings is 1. The van der Waals surface area contributed by atoms with Crippen LogP contribution in [0.4, 0.5) is 0 Å². The number of piperidine rings is 1. The van der Waals surface area contributed by atoms with Crippen LogP contribution < -0.4 is 10.4 Å². The van der Waals surface area contributed by atoms with Crippen molar-refractivity contribution in [3.63, 3.8) is 0 Å². The summed E-state index contributed by atoms with van der Waals surface area (Å²) < 4.78 is 35.3. The van der Waals surface area contributed by atoms with Crippen LogP contribution in [0, 0.1) is 0 Å². The molecule has 0 saturated carbocycles. The molecule has 8 nitrogen and oxygen atoms in total. The number of ether oxygens (including phenoxy) is 1. The van der Waals surface area contributed by atoms with Gasteiger partial charge in [-0.1, -0.05) is 24.6 Å². The molecular formula is C19H22N4O4S. The summed E-state index contributed by atoms with van der Waals surface area (Å²) in [6.45, 7) is 1.59. The van der Waals surface area contributed by atoms with E-state index in [9.17, 15) is 13.2 Å². The lowest BCUT2D eigenvalue weighted by Gasteiger charge is -2.25. The third kappa shape index (κ3) is 3.67. The minimum Gasteiger partial charge on any atom is -0.492 e. The fourth-order valence-corrected chi connectivity index (χ4v) is 4.83. The molecule has 0 unspecified atom stereocenters. The van der Waals surface area contributed by atoms with E-state index in [1.807, 2.05) is 30.3 Å². The highest BCUT2D eigenvalue weighted by atomic mass is 32.2. The Balaban J connectivity index is 1.55. The number of para-hydroxylation sites is 1. The number of hydrogen-bond donors (Lipinski definition) is 0. The summed E-state index contributed by atoms with van der Waals surface area (Å²) in [4.78, 5) is 12.7. The number of sulfonamides is 1. The Labute approximate surface area is 163 Å². The maximum Gasteiger partial charge on any atom is 0.350 e. The van der Waals surface area contributed by atoms with E-state index in [1.165, 1.54) is 25.7 Å². The number of aromatic nitrogens is 3. The van der Waals surface area contributed by atoms with Gasteiger partial charge in [0.25, 0.3) is 0 Å². The molecule has 0 spiro atoms. The highest BCUT2D eigenvalue weighted by molar-refractivity contribution is 7.89. The van der Waals surface area contributed by atoms with E-state index in [2.05, 4.69) is 5.10 Å². The number of fused-ring (bicyclic) bond motifs is 1. The van der Waals surface area contributed by atoms with Crippen LogP contribution in [0.25, 0.3) is 5.65 Å². The summed E-state index contributed by atoms with van der Waals surface area (Å²) in [5.74, 6) is 0.717. The second-order valence-corrected chi connectivity index (χ2v) is 8.66. The lowest BCUT2D eigenvalue weighted by Crippen LogP contribution is -2.35. The van der Waals surface area contributed by atoms with Crippen molar-refractivity contribution >= 4 is 15.7 Å². The highest BCUT2D eigenvalue weighted by Gasteiger charge is 2.26. The van der Waals surface area contributed by atoms with Crippen LogP contribution in [0.1, 0.15) is 19.3 Å². The number of nitrogens with zero attached hydrogens (tertiary/aromatic N) is 4. The van der Waals surface area contributed by atoms with Crippen molar-refractivity contribution < 1.29 is 13.2 Å². The van der Waals surface area contributed by atoms with Gasteiger partial charge < -0.3 is 4.74 Å². The van der Waals surface area contributed by atoms with Crippen LogP contribution in [0.2, 0.25) is 0 Å². The van der Waals surface area contributed by atoms with E-state index >= 15 is 0 Å². The molecule has 1 aromatic carbocycles. The SMILES string of the molecule is O=c1n(CCOc2ccccc2)nc2ccc(S(=O)(=O)N3CCCCC3)cn12. The molecule has 0 N–H and O–H groups in total. The molecule has 0 aliphatic carbocycles. The van der Waals surface area contributed by atoms with Crippen molar-refractivity contribution in [2.75, 3.05) is 19.7 Å². The molecule has 4 rings (SSSR count). The Kier molecular flexibility index (Phi) is 5.19. The molecule has 1 aliphatic rings. The maximum atomic E-state index is 12.8. The molecule has 0 atom stereocenters. The van der Waals surface area contributed by atoms with E-state index in [1.54, 1.807) is 6.07 Å². The molecule has 1 fully saturated rings. The third-order valence-corrected chi connectivity index (χ3v) is 6.70. The molecule has 9 heteroatoms. The van der Waals surface area contributed by atoms with E-state index in [4.69, 9.17) is 4.74 Å². The molecule has 0 bridgehead atoms. The molecule has 1 saturated heterocycles. The van der Waals surface area contributed by atoms with Crippen molar-refractivity contribution in [2.45, 2.75) is 30.7 Å². The number of benzene rings is 1. The van der Waals surface area contributed by atoms with Gasteiger partial charge >= 0.3 is 5.69 Å². The normalized spacial score (nSPS) is 15.7. The van der Waals surface area contributed by atoms with Crippen molar-refractivity contribution in [3.8, 4) is 5.75 Å². The molecule has 0 radical (unpaired) electrons. The first kappa shape index (κ1) is 18.7. The van der Waals surface area contributed by atoms with Crippen molar-refractivity contribution in [1.29, 1.82) is 0 Å². The summed E-state index contributed by atoms with van der Waals surface area (Å²) in [7, 11) is -3.60. The zero-order valence-electron chi connectivity index (χ0n) is 15.4. The van der Waals surface area contributed by atoms with Gasteiger partial charge in [-0.25, -0.2) is 22.3 Å². The maximum absolute atomic E-state index is 12.8. The van der Waals surface area contributed by atoms with E-state index in [-0.39, 0.29) is 23.7 Å². The molecule has 3 aromatic rings. The number of rotatable bonds is 6. The third-order valence-electron chi connectivity index (χ3n) is 4.82. The minimum absolute atomic E-state index is 0.115. The Morgan fingerprint density at radius 3 is 2.50 bits per heavy atom. The summed E-state index contributed by atoms with van der Waals surface area (Å²) >= 11 is 0. The topological polar surface area (TPSA) is 85.9 Å². The van der Waals surface area contributed by atoms with E-state index < -0.39 is 10.0 Å². The molecule has 3 heterocycles. The molecule has 1 aliphatic heterocycles. The molecule has 148 valence electrons. The van der Waals surface area contributed by atoms with Gasteiger partial charge in [0.15, 0.2) is 5.65 Å². The first-order valence-electron chi connectivity index (χ1n) is 9.33. The second-order valence-electron chi connectivity index (χ2n) is 6.72. The molecule has 2 aromatic heterocycles. The Hall–Kier alpha value is -2.65. The minimum atomic E-state index is -3.60. The number of hydrogen-bond acceptors (Lipinski definition) is 5. The molecule has 0 amide bonds. The first-order chi connectivity index (χ1) is 13.6. The lowest BCUT2D eigenvalue weighted by molar-refractivity contribution is 0.289. The zero-order valence-corrected chi connectivity index (χ0v) is 16.2. The van der Waals surface area contributed by atoms with Crippen molar-refractivity contribution in [2.24, 2.45) is 0 Å². The van der Waals surface area contributed by atoms with E-state index in [0.717, 1.165) is 19.3 Å². The average Bonchev–Trinajstić information content (AvgIpc) is 3.05. The monoisotopic (exact) mass is 402 g/mol. The van der Waals surface area contributed by atoms with Gasteiger partial charge in [0, 0.05) is 19.3 Å². The standard InChI is InChI=1S/C19H22N4O4S/c24-19-22-15-17(28(25,26)21-11-5-2-6-12-21)9-10-18(22)20-23(19)13-14-27-16-7-3-1-4-8-16/h1,3-4,7-10,15H,2,5-6,11-14H2. The van der Waals surface area contributed by atoms with Crippen LogP contribution in [-0.4, -0.2) is 46.6 Å². The smallest absolute Gasteiger partial charge is 0.350 e. The quantitative estimate of drug-likeness (QED) is 0.627. The fourth-order valence-electron chi connectivity index (χ4n) is 3.32. The van der Waals surface area contributed by atoms with Crippen LogP contribution in [-0.2, 0) is 16.6 Å². The van der Waals surface area contributed by atoms with Gasteiger partial charge in [-0.15, -0.1) is 5.10 Å². The first-order valence-corrected chi connectivity index (χ1v) is 10.8. The Morgan fingerprint density at radius 2 is 1.75 bits per heavy atom. The summed E-state index contributed by atoms with van der Waals surface area (Å²) in [5, 5.41) is 4.26. The lowest BCUT2D eigenvalue weighted by atomic mass is 10.2. The Morgan fingerprint density at radius 1 is 1.00 bits per heavy atom. The van der Waals surface area contributed by atoms with Gasteiger partial charge in [-0.05, 0) is 37.1 Å². The summed E-state index contributed by atoms with van der Waals surface area (Å²) in [6, 6.07) is 12.4. The fraction of sp³-hybridized carbons (Fsp3) is 0.368. The second kappa shape index (κ2) is 7.76. The van der Waals surface area contributed by atoms with Crippen molar-refractivity contribution in [3.05, 3.63) is 59.1 Å². The summed E-state index contributed by atoms with van der Waals surface area (Å²) in [5.41, 5.74) is 0.0182. The van der Waals surface area contributed by atoms with Crippen LogP contribution in [0.3, 0.4) is 0 Å². The van der Waals surface area contributed by atoms with Crippen LogP contribution >= 0.6 is 0 Å². The largest absolute Gasteiger partial charge is 0.492 e. The van der Waals surface area contributed by atoms with Gasteiger partial charge in [-0.3, -0.25) is 0 Å². The van der Waals surface area contributed by atoms with Gasteiger partial charge in [0.1, 0.15) is 12.4 Å². The van der Waals surface area contributed by atoms with Crippen LogP contribution in [0.5, 0.6) is 5.75 Å². The highest BCUT2D eigenvalue weighted by Crippen LogP contribution is 2.20. The van der Waals surface area contributed by atoms with Crippen LogP contribution in [0.15, 0.2) is 58.4 Å². The Bertz CT molecular complexity index is 1120. The predicted octanol–water partition coefficient (Wildman–Crippen LogP) is 1.75. The van der Waals surface area contributed by atoms with Gasteiger partial charge in [-0.2, -0.15) is 4.31 Å². The molecule has 28 heavy (non-hydrogen) atoms. The zero-order chi connectivity index (χ0) is 19.6. The van der Waals surface area contributed by atoms with E-state index in [0.29, 0.717) is 24.5 Å². The van der Waals surface area contributed by atoms with Crippen molar-refractivity contribution in [1.82, 2.24) is 18.5 Å².